The molecule has 2 aliphatic heterocycles. The Morgan fingerprint density at radius 1 is 1.44 bits per heavy atom. The van der Waals surface area contributed by atoms with Crippen molar-refractivity contribution >= 4 is 17.2 Å². The van der Waals surface area contributed by atoms with Gasteiger partial charge in [-0.2, -0.15) is 5.10 Å². The molecule has 0 aliphatic carbocycles. The number of carbonyl (C=O) groups excluding carboxylic acids is 1. The Kier molecular flexibility index (Phi) is 4.85. The molecule has 2 aromatic rings. The van der Waals surface area contributed by atoms with Crippen LogP contribution in [0.4, 0.5) is 0 Å². The van der Waals surface area contributed by atoms with Gasteiger partial charge in [0.25, 0.3) is 5.91 Å². The first-order chi connectivity index (χ1) is 12.3. The Morgan fingerprint density at radius 2 is 2.36 bits per heavy atom. The van der Waals surface area contributed by atoms with Crippen molar-refractivity contribution in [2.75, 3.05) is 26.3 Å². The SMILES string of the molecule is CCc1csc(C2CCCN(C(=O)c3cn[nH]c3C3CCOC3)C2)n1. The van der Waals surface area contributed by atoms with E-state index in [1.807, 2.05) is 4.90 Å². The molecule has 2 fully saturated rings. The maximum atomic E-state index is 13.1. The maximum absolute atomic E-state index is 13.1. The van der Waals surface area contributed by atoms with Gasteiger partial charge in [-0.1, -0.05) is 6.92 Å². The van der Waals surface area contributed by atoms with Crippen molar-refractivity contribution in [3.05, 3.63) is 33.5 Å². The summed E-state index contributed by atoms with van der Waals surface area (Å²) >= 11 is 1.73. The Bertz CT molecular complexity index is 735. The predicted octanol–water partition coefficient (Wildman–Crippen LogP) is 2.95. The van der Waals surface area contributed by atoms with Crippen molar-refractivity contribution < 1.29 is 9.53 Å². The second kappa shape index (κ2) is 7.25. The highest BCUT2D eigenvalue weighted by Gasteiger charge is 2.31. The predicted molar refractivity (Wildman–Crippen MR) is 96.1 cm³/mol. The van der Waals surface area contributed by atoms with Crippen molar-refractivity contribution in [2.45, 2.75) is 44.4 Å². The number of aryl methyl sites for hydroxylation is 1. The van der Waals surface area contributed by atoms with Gasteiger partial charge in [-0.25, -0.2) is 4.98 Å². The molecule has 4 heterocycles. The van der Waals surface area contributed by atoms with Crippen LogP contribution < -0.4 is 0 Å². The molecule has 6 nitrogen and oxygen atoms in total. The van der Waals surface area contributed by atoms with Gasteiger partial charge in [0.2, 0.25) is 0 Å². The minimum absolute atomic E-state index is 0.0904. The topological polar surface area (TPSA) is 71.1 Å². The minimum Gasteiger partial charge on any atom is -0.381 e. The summed E-state index contributed by atoms with van der Waals surface area (Å²) in [6, 6.07) is 0. The first kappa shape index (κ1) is 16.7. The number of rotatable bonds is 4. The Balaban J connectivity index is 1.49. The summed E-state index contributed by atoms with van der Waals surface area (Å²) in [5, 5.41) is 10.5. The maximum Gasteiger partial charge on any atom is 0.257 e. The molecule has 1 N–H and O–H groups in total. The fourth-order valence-corrected chi connectivity index (χ4v) is 4.78. The average molecular weight is 360 g/mol. The van der Waals surface area contributed by atoms with Gasteiger partial charge in [-0.05, 0) is 25.7 Å². The van der Waals surface area contributed by atoms with E-state index in [1.54, 1.807) is 17.5 Å². The van der Waals surface area contributed by atoms with Gasteiger partial charge in [-0.3, -0.25) is 9.89 Å². The number of aromatic nitrogens is 3. The second-order valence-electron chi connectivity index (χ2n) is 6.88. The molecule has 0 radical (unpaired) electrons. The van der Waals surface area contributed by atoms with Crippen molar-refractivity contribution in [1.29, 1.82) is 0 Å². The molecule has 0 spiro atoms. The van der Waals surface area contributed by atoms with Gasteiger partial charge in [0.15, 0.2) is 0 Å². The van der Waals surface area contributed by atoms with Gasteiger partial charge in [0, 0.05) is 36.9 Å². The van der Waals surface area contributed by atoms with E-state index < -0.39 is 0 Å². The summed E-state index contributed by atoms with van der Waals surface area (Å²) in [7, 11) is 0. The molecule has 25 heavy (non-hydrogen) atoms. The highest BCUT2D eigenvalue weighted by molar-refractivity contribution is 7.09. The first-order valence-corrected chi connectivity index (χ1v) is 9.98. The number of H-pyrrole nitrogens is 1. The Morgan fingerprint density at radius 3 is 3.12 bits per heavy atom. The number of amides is 1. The summed E-state index contributed by atoms with van der Waals surface area (Å²) in [5.74, 6) is 0.703. The van der Waals surface area contributed by atoms with Gasteiger partial charge in [-0.15, -0.1) is 11.3 Å². The molecular formula is C18H24N4O2S. The van der Waals surface area contributed by atoms with Crippen LogP contribution in [0.3, 0.4) is 0 Å². The number of carbonyl (C=O) groups is 1. The molecule has 2 saturated heterocycles. The lowest BCUT2D eigenvalue weighted by Crippen LogP contribution is -2.39. The number of nitrogens with zero attached hydrogens (tertiary/aromatic N) is 3. The molecule has 4 rings (SSSR count). The molecule has 0 aromatic carbocycles. The number of hydrogen-bond acceptors (Lipinski definition) is 5. The van der Waals surface area contributed by atoms with Gasteiger partial charge < -0.3 is 9.64 Å². The van der Waals surface area contributed by atoms with Crippen LogP contribution in [0.5, 0.6) is 0 Å². The molecule has 0 bridgehead atoms. The smallest absolute Gasteiger partial charge is 0.257 e. The Hall–Kier alpha value is -1.73. The van der Waals surface area contributed by atoms with Gasteiger partial charge >= 0.3 is 0 Å². The van der Waals surface area contributed by atoms with Crippen LogP contribution in [-0.2, 0) is 11.2 Å². The zero-order valence-corrected chi connectivity index (χ0v) is 15.3. The highest BCUT2D eigenvalue weighted by Crippen LogP contribution is 2.32. The zero-order chi connectivity index (χ0) is 17.2. The molecule has 1 amide bonds. The van der Waals surface area contributed by atoms with Crippen LogP contribution in [0, 0.1) is 0 Å². The van der Waals surface area contributed by atoms with E-state index >= 15 is 0 Å². The molecule has 2 aliphatic rings. The second-order valence-corrected chi connectivity index (χ2v) is 7.77. The van der Waals surface area contributed by atoms with E-state index in [1.165, 1.54) is 5.01 Å². The molecule has 2 unspecified atom stereocenters. The van der Waals surface area contributed by atoms with Crippen LogP contribution >= 0.6 is 11.3 Å². The van der Waals surface area contributed by atoms with Crippen molar-refractivity contribution in [2.24, 2.45) is 0 Å². The van der Waals surface area contributed by atoms with E-state index in [-0.39, 0.29) is 11.8 Å². The highest BCUT2D eigenvalue weighted by atomic mass is 32.1. The van der Waals surface area contributed by atoms with Gasteiger partial charge in [0.1, 0.15) is 0 Å². The number of aromatic amines is 1. The van der Waals surface area contributed by atoms with E-state index in [0.29, 0.717) is 18.1 Å². The average Bonchev–Trinajstić information content (AvgIpc) is 3.41. The lowest BCUT2D eigenvalue weighted by Gasteiger charge is -2.32. The van der Waals surface area contributed by atoms with Crippen LogP contribution in [0.25, 0.3) is 0 Å². The van der Waals surface area contributed by atoms with E-state index in [9.17, 15) is 4.79 Å². The van der Waals surface area contributed by atoms with Crippen molar-refractivity contribution in [3.63, 3.8) is 0 Å². The van der Waals surface area contributed by atoms with Gasteiger partial charge in [0.05, 0.1) is 34.8 Å². The number of ether oxygens (including phenoxy) is 1. The summed E-state index contributed by atoms with van der Waals surface area (Å²) in [6.07, 6.45) is 5.72. The third-order valence-electron chi connectivity index (χ3n) is 5.23. The quantitative estimate of drug-likeness (QED) is 0.910. The van der Waals surface area contributed by atoms with E-state index in [4.69, 9.17) is 9.72 Å². The number of piperidine rings is 1. The zero-order valence-electron chi connectivity index (χ0n) is 14.5. The van der Waals surface area contributed by atoms with E-state index in [2.05, 4.69) is 22.5 Å². The third kappa shape index (κ3) is 3.35. The third-order valence-corrected chi connectivity index (χ3v) is 6.28. The molecule has 0 saturated carbocycles. The normalized spacial score (nSPS) is 24.0. The first-order valence-electron chi connectivity index (χ1n) is 9.10. The molecule has 2 aromatic heterocycles. The molecule has 7 heteroatoms. The van der Waals surface area contributed by atoms with Crippen molar-refractivity contribution in [3.8, 4) is 0 Å². The number of hydrogen-bond donors (Lipinski definition) is 1. The van der Waals surface area contributed by atoms with Crippen LogP contribution in [0.2, 0.25) is 0 Å². The summed E-state index contributed by atoms with van der Waals surface area (Å²) in [5.41, 5.74) is 2.80. The molecular weight excluding hydrogens is 336 g/mol. The minimum atomic E-state index is 0.0904. The molecule has 134 valence electrons. The monoisotopic (exact) mass is 360 g/mol. The standard InChI is InChI=1S/C18H24N4O2S/c1-2-14-11-25-17(20-14)12-4-3-6-22(9-12)18(23)15-8-19-21-16(15)13-5-7-24-10-13/h8,11-13H,2-7,9-10H2,1H3,(H,19,21). The number of thiazole rings is 1. The van der Waals surface area contributed by atoms with Crippen LogP contribution in [0.1, 0.15) is 64.8 Å². The largest absolute Gasteiger partial charge is 0.381 e. The summed E-state index contributed by atoms with van der Waals surface area (Å²) < 4.78 is 5.47. The Labute approximate surface area is 151 Å². The van der Waals surface area contributed by atoms with Crippen molar-refractivity contribution in [1.82, 2.24) is 20.1 Å². The fourth-order valence-electron chi connectivity index (χ4n) is 3.75. The summed E-state index contributed by atoms with van der Waals surface area (Å²) in [4.78, 5) is 19.8. The fraction of sp³-hybridized carbons (Fsp3) is 0.611. The number of likely N-dealkylation sites (tertiary alicyclic amines) is 1. The lowest BCUT2D eigenvalue weighted by atomic mass is 9.96. The molecule has 2 atom stereocenters. The number of nitrogens with one attached hydrogen (secondary N) is 1. The van der Waals surface area contributed by atoms with Crippen LogP contribution in [-0.4, -0.2) is 52.3 Å². The van der Waals surface area contributed by atoms with Crippen LogP contribution in [0.15, 0.2) is 11.6 Å². The lowest BCUT2D eigenvalue weighted by molar-refractivity contribution is 0.0705. The van der Waals surface area contributed by atoms with E-state index in [0.717, 1.165) is 56.8 Å². The summed E-state index contributed by atoms with van der Waals surface area (Å²) in [6.45, 7) is 5.12.